The molecule has 3 atom stereocenters. The van der Waals surface area contributed by atoms with Gasteiger partial charge in [-0.1, -0.05) is 20.8 Å². The van der Waals surface area contributed by atoms with Crippen molar-refractivity contribution >= 4 is 5.97 Å². The van der Waals surface area contributed by atoms with E-state index < -0.39 is 17.7 Å². The molecular weight excluding hydrogens is 268 g/mol. The fourth-order valence-electron chi connectivity index (χ4n) is 4.02. The van der Waals surface area contributed by atoms with Crippen LogP contribution in [0.5, 0.6) is 5.75 Å². The second-order valence-corrected chi connectivity index (χ2v) is 7.01. The predicted molar refractivity (Wildman–Crippen MR) is 78.7 cm³/mol. The lowest BCUT2D eigenvalue weighted by Crippen LogP contribution is -2.61. The summed E-state index contributed by atoms with van der Waals surface area (Å²) in [5.41, 5.74) is 0.400. The number of aromatic carboxylic acids is 1. The van der Waals surface area contributed by atoms with Gasteiger partial charge in [0.2, 0.25) is 0 Å². The second-order valence-electron chi connectivity index (χ2n) is 7.01. The summed E-state index contributed by atoms with van der Waals surface area (Å²) in [4.78, 5) is 11.1. The van der Waals surface area contributed by atoms with Gasteiger partial charge in [-0.25, -0.2) is 4.79 Å². The number of ether oxygens (including phenoxy) is 1. The van der Waals surface area contributed by atoms with E-state index in [0.29, 0.717) is 12.3 Å². The molecule has 0 unspecified atom stereocenters. The molecule has 1 heterocycles. The van der Waals surface area contributed by atoms with Crippen LogP contribution in [-0.4, -0.2) is 27.9 Å². The number of fused-ring (bicyclic) bond motifs is 1. The Labute approximate surface area is 124 Å². The third-order valence-corrected chi connectivity index (χ3v) is 5.65. The summed E-state index contributed by atoms with van der Waals surface area (Å²) in [6.07, 6.45) is 1.97. The van der Waals surface area contributed by atoms with E-state index in [1.165, 1.54) is 0 Å². The third-order valence-electron chi connectivity index (χ3n) is 5.65. The molecule has 4 heteroatoms. The van der Waals surface area contributed by atoms with E-state index in [4.69, 9.17) is 9.84 Å². The first-order chi connectivity index (χ1) is 9.78. The monoisotopic (exact) mass is 290 g/mol. The summed E-state index contributed by atoms with van der Waals surface area (Å²) in [6.45, 7) is 6.27. The maximum Gasteiger partial charge on any atom is 0.335 e. The van der Waals surface area contributed by atoms with E-state index in [1.54, 1.807) is 18.2 Å². The van der Waals surface area contributed by atoms with Crippen molar-refractivity contribution in [2.24, 2.45) is 11.3 Å². The molecule has 1 fully saturated rings. The SMILES string of the molecule is C[C@H]1CC[C@@H](O)C(C)(C)[C@@]12Cc1cc(C(=O)O)ccc1O2. The van der Waals surface area contributed by atoms with Crippen molar-refractivity contribution in [3.63, 3.8) is 0 Å². The van der Waals surface area contributed by atoms with Crippen molar-refractivity contribution in [2.45, 2.75) is 51.7 Å². The van der Waals surface area contributed by atoms with Crippen LogP contribution in [0.4, 0.5) is 0 Å². The number of benzene rings is 1. The molecule has 3 rings (SSSR count). The van der Waals surface area contributed by atoms with Crippen LogP contribution in [0.25, 0.3) is 0 Å². The highest BCUT2D eigenvalue weighted by atomic mass is 16.5. The summed E-state index contributed by atoms with van der Waals surface area (Å²) in [5, 5.41) is 19.6. The van der Waals surface area contributed by atoms with E-state index >= 15 is 0 Å². The quantitative estimate of drug-likeness (QED) is 0.834. The van der Waals surface area contributed by atoms with Crippen LogP contribution in [0.1, 0.15) is 49.5 Å². The zero-order valence-corrected chi connectivity index (χ0v) is 12.7. The Bertz CT molecular complexity index is 592. The average molecular weight is 290 g/mol. The number of rotatable bonds is 1. The highest BCUT2D eigenvalue weighted by Crippen LogP contribution is 2.55. The minimum Gasteiger partial charge on any atom is -0.486 e. The number of hydrogen-bond donors (Lipinski definition) is 2. The van der Waals surface area contributed by atoms with Gasteiger partial charge < -0.3 is 14.9 Å². The molecule has 1 aromatic rings. The summed E-state index contributed by atoms with van der Waals surface area (Å²) in [7, 11) is 0. The fourth-order valence-corrected chi connectivity index (χ4v) is 4.02. The van der Waals surface area contributed by atoms with Gasteiger partial charge in [-0.05, 0) is 42.5 Å². The lowest BCUT2D eigenvalue weighted by molar-refractivity contribution is -0.156. The standard InChI is InChI=1S/C17H22O4/c1-10-4-7-14(18)16(2,3)17(10)9-12-8-11(15(19)20)5-6-13(12)21-17/h5-6,8,10,14,18H,4,7,9H2,1-3H3,(H,19,20)/t10-,14+,17+/m0/s1. The first kappa shape index (κ1) is 14.4. The summed E-state index contributed by atoms with van der Waals surface area (Å²) in [5.74, 6) is 0.153. The Balaban J connectivity index is 2.03. The smallest absolute Gasteiger partial charge is 0.335 e. The lowest BCUT2D eigenvalue weighted by atomic mass is 9.58. The van der Waals surface area contributed by atoms with Gasteiger partial charge in [0.15, 0.2) is 0 Å². The van der Waals surface area contributed by atoms with Gasteiger partial charge >= 0.3 is 5.97 Å². The molecule has 1 aromatic carbocycles. The van der Waals surface area contributed by atoms with Crippen LogP contribution in [0.2, 0.25) is 0 Å². The Kier molecular flexibility index (Phi) is 3.06. The van der Waals surface area contributed by atoms with Crippen molar-refractivity contribution in [3.8, 4) is 5.75 Å². The number of aliphatic hydroxyl groups is 1. The van der Waals surface area contributed by atoms with Gasteiger partial charge in [0.05, 0.1) is 11.7 Å². The Morgan fingerprint density at radius 1 is 1.33 bits per heavy atom. The number of hydrogen-bond acceptors (Lipinski definition) is 3. The van der Waals surface area contributed by atoms with Crippen molar-refractivity contribution in [1.82, 2.24) is 0 Å². The molecule has 21 heavy (non-hydrogen) atoms. The second kappa shape index (κ2) is 4.47. The molecule has 0 radical (unpaired) electrons. The first-order valence-corrected chi connectivity index (χ1v) is 7.51. The molecular formula is C17H22O4. The summed E-state index contributed by atoms with van der Waals surface area (Å²) >= 11 is 0. The lowest BCUT2D eigenvalue weighted by Gasteiger charge is -2.53. The number of carboxylic acid groups (broad SMARTS) is 1. The molecule has 1 spiro atoms. The van der Waals surface area contributed by atoms with Crippen LogP contribution >= 0.6 is 0 Å². The molecule has 0 bridgehead atoms. The Hall–Kier alpha value is -1.55. The minimum absolute atomic E-state index is 0.288. The van der Waals surface area contributed by atoms with Gasteiger partial charge in [0.25, 0.3) is 0 Å². The third kappa shape index (κ3) is 1.89. The molecule has 2 N–H and O–H groups in total. The largest absolute Gasteiger partial charge is 0.486 e. The molecule has 0 amide bonds. The molecule has 2 aliphatic rings. The molecule has 114 valence electrons. The van der Waals surface area contributed by atoms with Crippen molar-refractivity contribution < 1.29 is 19.7 Å². The molecule has 1 saturated carbocycles. The maximum atomic E-state index is 11.1. The number of carboxylic acids is 1. The predicted octanol–water partition coefficient (Wildman–Crippen LogP) is 2.88. The highest BCUT2D eigenvalue weighted by Gasteiger charge is 2.59. The van der Waals surface area contributed by atoms with Gasteiger partial charge in [-0.15, -0.1) is 0 Å². The van der Waals surface area contributed by atoms with Gasteiger partial charge in [-0.3, -0.25) is 0 Å². The van der Waals surface area contributed by atoms with Crippen molar-refractivity contribution in [2.75, 3.05) is 0 Å². The first-order valence-electron chi connectivity index (χ1n) is 7.51. The van der Waals surface area contributed by atoms with Crippen LogP contribution < -0.4 is 4.74 Å². The van der Waals surface area contributed by atoms with Crippen LogP contribution in [0.3, 0.4) is 0 Å². The normalized spacial score (nSPS) is 33.5. The summed E-state index contributed by atoms with van der Waals surface area (Å²) < 4.78 is 6.32. The maximum absolute atomic E-state index is 11.1. The van der Waals surface area contributed by atoms with E-state index in [2.05, 4.69) is 20.8 Å². The fraction of sp³-hybridized carbons (Fsp3) is 0.588. The van der Waals surface area contributed by atoms with Crippen LogP contribution in [0, 0.1) is 11.3 Å². The van der Waals surface area contributed by atoms with Gasteiger partial charge in [0, 0.05) is 11.8 Å². The van der Waals surface area contributed by atoms with E-state index in [1.807, 2.05) is 0 Å². The number of carbonyl (C=O) groups is 1. The topological polar surface area (TPSA) is 66.8 Å². The Morgan fingerprint density at radius 2 is 2.05 bits per heavy atom. The average Bonchev–Trinajstić information content (AvgIpc) is 2.82. The van der Waals surface area contributed by atoms with Crippen LogP contribution in [-0.2, 0) is 6.42 Å². The van der Waals surface area contributed by atoms with Gasteiger partial charge in [-0.2, -0.15) is 0 Å². The zero-order valence-electron chi connectivity index (χ0n) is 12.7. The molecule has 0 saturated heterocycles. The van der Waals surface area contributed by atoms with E-state index in [9.17, 15) is 9.90 Å². The molecule has 1 aliphatic carbocycles. The van der Waals surface area contributed by atoms with E-state index in [0.717, 1.165) is 24.2 Å². The van der Waals surface area contributed by atoms with Gasteiger partial charge in [0.1, 0.15) is 11.4 Å². The van der Waals surface area contributed by atoms with Crippen LogP contribution in [0.15, 0.2) is 18.2 Å². The van der Waals surface area contributed by atoms with Crippen molar-refractivity contribution in [1.29, 1.82) is 0 Å². The van der Waals surface area contributed by atoms with Crippen molar-refractivity contribution in [3.05, 3.63) is 29.3 Å². The minimum atomic E-state index is -0.922. The summed E-state index contributed by atoms with van der Waals surface area (Å²) in [6, 6.07) is 5.03. The van der Waals surface area contributed by atoms with E-state index in [-0.39, 0.29) is 11.0 Å². The molecule has 1 aliphatic heterocycles. The molecule has 0 aromatic heterocycles. The number of aliphatic hydroxyl groups excluding tert-OH is 1. The zero-order chi connectivity index (χ0) is 15.4. The molecule has 4 nitrogen and oxygen atoms in total. The highest BCUT2D eigenvalue weighted by molar-refractivity contribution is 5.88. The Morgan fingerprint density at radius 3 is 2.71 bits per heavy atom.